The van der Waals surface area contributed by atoms with Crippen LogP contribution in [0, 0.1) is 0 Å². The SMILES string of the molecule is CCCCN(CCCC)C(=O)NCCCCNC(=O)N(CCCC)CCCC. The fraction of sp³-hybridized carbons (Fsp3) is 0.909. The van der Waals surface area contributed by atoms with Gasteiger partial charge in [0.05, 0.1) is 0 Å². The lowest BCUT2D eigenvalue weighted by Gasteiger charge is -2.23. The predicted molar refractivity (Wildman–Crippen MR) is 119 cm³/mol. The van der Waals surface area contributed by atoms with Crippen molar-refractivity contribution >= 4 is 12.1 Å². The van der Waals surface area contributed by atoms with E-state index in [2.05, 4.69) is 38.3 Å². The van der Waals surface area contributed by atoms with Crippen molar-refractivity contribution in [2.45, 2.75) is 91.9 Å². The van der Waals surface area contributed by atoms with Gasteiger partial charge in [0.1, 0.15) is 0 Å². The van der Waals surface area contributed by atoms with Crippen molar-refractivity contribution in [3.05, 3.63) is 0 Å². The molecule has 0 spiro atoms. The Kier molecular flexibility index (Phi) is 17.9. The quantitative estimate of drug-likeness (QED) is 0.339. The van der Waals surface area contributed by atoms with Gasteiger partial charge in [-0.05, 0) is 38.5 Å². The summed E-state index contributed by atoms with van der Waals surface area (Å²) in [5, 5.41) is 6.06. The first-order chi connectivity index (χ1) is 13.6. The second kappa shape index (κ2) is 18.9. The maximum Gasteiger partial charge on any atom is 0.317 e. The Morgan fingerprint density at radius 3 is 1.07 bits per heavy atom. The van der Waals surface area contributed by atoms with E-state index in [0.29, 0.717) is 13.1 Å². The zero-order valence-corrected chi connectivity index (χ0v) is 19.0. The molecule has 0 heterocycles. The molecule has 6 heteroatoms. The van der Waals surface area contributed by atoms with Crippen molar-refractivity contribution in [1.82, 2.24) is 20.4 Å². The molecule has 0 atom stereocenters. The summed E-state index contributed by atoms with van der Waals surface area (Å²) in [6, 6.07) is 0.104. The first-order valence-electron chi connectivity index (χ1n) is 11.7. The molecule has 0 aromatic carbocycles. The smallest absolute Gasteiger partial charge is 0.317 e. The normalized spacial score (nSPS) is 10.6. The fourth-order valence-corrected chi connectivity index (χ4v) is 2.89. The van der Waals surface area contributed by atoms with Crippen molar-refractivity contribution in [1.29, 1.82) is 0 Å². The Balaban J connectivity index is 4.02. The van der Waals surface area contributed by atoms with E-state index in [1.54, 1.807) is 0 Å². The van der Waals surface area contributed by atoms with Crippen LogP contribution in [0.1, 0.15) is 91.9 Å². The molecule has 0 saturated heterocycles. The van der Waals surface area contributed by atoms with Crippen LogP contribution < -0.4 is 10.6 Å². The van der Waals surface area contributed by atoms with Gasteiger partial charge in [0, 0.05) is 39.3 Å². The number of nitrogens with zero attached hydrogens (tertiary/aromatic N) is 2. The van der Waals surface area contributed by atoms with E-state index in [4.69, 9.17) is 0 Å². The number of hydrogen-bond acceptors (Lipinski definition) is 2. The molecule has 0 fully saturated rings. The molecule has 0 unspecified atom stereocenters. The van der Waals surface area contributed by atoms with E-state index in [0.717, 1.165) is 90.4 Å². The van der Waals surface area contributed by atoms with Gasteiger partial charge in [-0.3, -0.25) is 0 Å². The third-order valence-corrected chi connectivity index (χ3v) is 4.86. The Morgan fingerprint density at radius 1 is 0.536 bits per heavy atom. The van der Waals surface area contributed by atoms with Crippen LogP contribution in [0.2, 0.25) is 0 Å². The Hall–Kier alpha value is -1.46. The number of urea groups is 2. The second-order valence-electron chi connectivity index (χ2n) is 7.56. The van der Waals surface area contributed by atoms with Crippen molar-refractivity contribution in [3.63, 3.8) is 0 Å². The van der Waals surface area contributed by atoms with Crippen LogP contribution in [-0.4, -0.2) is 61.1 Å². The summed E-state index contributed by atoms with van der Waals surface area (Å²) in [6.45, 7) is 13.3. The molecule has 0 aliphatic carbocycles. The lowest BCUT2D eigenvalue weighted by molar-refractivity contribution is 0.194. The van der Waals surface area contributed by atoms with Gasteiger partial charge in [0.2, 0.25) is 0 Å². The summed E-state index contributed by atoms with van der Waals surface area (Å²) in [4.78, 5) is 28.5. The minimum absolute atomic E-state index is 0.0521. The van der Waals surface area contributed by atoms with E-state index >= 15 is 0 Å². The number of amides is 4. The molecular formula is C22H46N4O2. The van der Waals surface area contributed by atoms with Crippen molar-refractivity contribution in [2.24, 2.45) is 0 Å². The van der Waals surface area contributed by atoms with Crippen LogP contribution >= 0.6 is 0 Å². The summed E-state index contributed by atoms with van der Waals surface area (Å²) in [6.07, 6.45) is 10.4. The van der Waals surface area contributed by atoms with Crippen molar-refractivity contribution in [3.8, 4) is 0 Å². The Morgan fingerprint density at radius 2 is 0.821 bits per heavy atom. The van der Waals surface area contributed by atoms with Crippen molar-refractivity contribution in [2.75, 3.05) is 39.3 Å². The molecular weight excluding hydrogens is 352 g/mol. The monoisotopic (exact) mass is 398 g/mol. The largest absolute Gasteiger partial charge is 0.338 e. The molecule has 28 heavy (non-hydrogen) atoms. The molecule has 6 nitrogen and oxygen atoms in total. The molecule has 0 aromatic heterocycles. The van der Waals surface area contributed by atoms with E-state index < -0.39 is 0 Å². The highest BCUT2D eigenvalue weighted by Crippen LogP contribution is 2.01. The zero-order chi connectivity index (χ0) is 21.0. The molecule has 4 amide bonds. The van der Waals surface area contributed by atoms with Gasteiger partial charge in [-0.2, -0.15) is 0 Å². The number of nitrogens with one attached hydrogen (secondary N) is 2. The average molecular weight is 399 g/mol. The number of unbranched alkanes of at least 4 members (excludes halogenated alkanes) is 5. The maximum atomic E-state index is 12.3. The van der Waals surface area contributed by atoms with Gasteiger partial charge < -0.3 is 20.4 Å². The molecule has 0 radical (unpaired) electrons. The van der Waals surface area contributed by atoms with Crippen LogP contribution in [0.15, 0.2) is 0 Å². The Bertz CT molecular complexity index is 339. The topological polar surface area (TPSA) is 64.7 Å². The highest BCUT2D eigenvalue weighted by Gasteiger charge is 2.12. The lowest BCUT2D eigenvalue weighted by atomic mass is 10.2. The molecule has 2 N–H and O–H groups in total. The lowest BCUT2D eigenvalue weighted by Crippen LogP contribution is -2.42. The molecule has 0 aliphatic rings. The second-order valence-corrected chi connectivity index (χ2v) is 7.56. The minimum atomic E-state index is 0.0521. The summed E-state index contributed by atoms with van der Waals surface area (Å²) in [7, 11) is 0. The van der Waals surface area contributed by atoms with E-state index in [9.17, 15) is 9.59 Å². The Labute approximate surface area is 173 Å². The summed E-state index contributed by atoms with van der Waals surface area (Å²) < 4.78 is 0. The zero-order valence-electron chi connectivity index (χ0n) is 19.0. The molecule has 0 aliphatic heterocycles. The van der Waals surface area contributed by atoms with Gasteiger partial charge in [-0.1, -0.05) is 53.4 Å². The molecule has 166 valence electrons. The van der Waals surface area contributed by atoms with E-state index in [1.807, 2.05) is 9.80 Å². The first kappa shape index (κ1) is 26.5. The summed E-state index contributed by atoms with van der Waals surface area (Å²) >= 11 is 0. The van der Waals surface area contributed by atoms with Gasteiger partial charge in [-0.25, -0.2) is 9.59 Å². The fourth-order valence-electron chi connectivity index (χ4n) is 2.89. The van der Waals surface area contributed by atoms with Gasteiger partial charge in [0.15, 0.2) is 0 Å². The molecule has 0 rings (SSSR count). The minimum Gasteiger partial charge on any atom is -0.338 e. The van der Waals surface area contributed by atoms with E-state index in [-0.39, 0.29) is 12.1 Å². The van der Waals surface area contributed by atoms with Gasteiger partial charge in [0.25, 0.3) is 0 Å². The predicted octanol–water partition coefficient (Wildman–Crippen LogP) is 4.99. The average Bonchev–Trinajstić information content (AvgIpc) is 2.70. The number of hydrogen-bond donors (Lipinski definition) is 2. The number of carbonyl (C=O) groups is 2. The first-order valence-corrected chi connectivity index (χ1v) is 11.7. The molecule has 0 saturated carbocycles. The van der Waals surface area contributed by atoms with Crippen LogP contribution in [-0.2, 0) is 0 Å². The van der Waals surface area contributed by atoms with Gasteiger partial charge >= 0.3 is 12.1 Å². The number of rotatable bonds is 17. The van der Waals surface area contributed by atoms with Crippen LogP contribution in [0.5, 0.6) is 0 Å². The van der Waals surface area contributed by atoms with E-state index in [1.165, 1.54) is 0 Å². The van der Waals surface area contributed by atoms with Crippen LogP contribution in [0.4, 0.5) is 9.59 Å². The third-order valence-electron chi connectivity index (χ3n) is 4.86. The standard InChI is InChI=1S/C22H46N4O2/c1-5-9-17-25(18-10-6-2)21(27)23-15-13-14-16-24-22(28)26(19-11-7-3)20-12-8-4/h5-20H2,1-4H3,(H,23,27)(H,24,28). The van der Waals surface area contributed by atoms with Crippen LogP contribution in [0.3, 0.4) is 0 Å². The molecule has 0 bridgehead atoms. The van der Waals surface area contributed by atoms with Gasteiger partial charge in [-0.15, -0.1) is 0 Å². The van der Waals surface area contributed by atoms with Crippen molar-refractivity contribution < 1.29 is 9.59 Å². The number of carbonyl (C=O) groups excluding carboxylic acids is 2. The third kappa shape index (κ3) is 13.7. The van der Waals surface area contributed by atoms with Crippen LogP contribution in [0.25, 0.3) is 0 Å². The highest BCUT2D eigenvalue weighted by molar-refractivity contribution is 5.74. The summed E-state index contributed by atoms with van der Waals surface area (Å²) in [5.41, 5.74) is 0. The highest BCUT2D eigenvalue weighted by atomic mass is 16.2. The molecule has 0 aromatic rings. The summed E-state index contributed by atoms with van der Waals surface area (Å²) in [5.74, 6) is 0. The maximum absolute atomic E-state index is 12.3.